The Kier molecular flexibility index (Phi) is 5.03. The number of halogens is 3. The first kappa shape index (κ1) is 16.2. The van der Waals surface area contributed by atoms with Crippen LogP contribution in [0.5, 0.6) is 0 Å². The third-order valence-corrected chi connectivity index (χ3v) is 11.2. The van der Waals surface area contributed by atoms with Gasteiger partial charge in [-0.25, -0.2) is 0 Å². The molecule has 0 aliphatic carbocycles. The van der Waals surface area contributed by atoms with Gasteiger partial charge in [-0.2, -0.15) is 0 Å². The first-order valence-corrected chi connectivity index (χ1v) is 11.6. The molecule has 0 radical (unpaired) electrons. The molecule has 0 aliphatic rings. The Morgan fingerprint density at radius 3 is 1.32 bits per heavy atom. The minimum atomic E-state index is -1.36. The zero-order valence-corrected chi connectivity index (χ0v) is 16.0. The second-order valence-corrected chi connectivity index (χ2v) is 12.1. The van der Waals surface area contributed by atoms with Crippen molar-refractivity contribution in [2.45, 2.75) is 14.7 Å². The normalized spacial score (nSPS) is 12.1. The summed E-state index contributed by atoms with van der Waals surface area (Å²) < 4.78 is 0. The van der Waals surface area contributed by atoms with Crippen LogP contribution in [0.25, 0.3) is 0 Å². The van der Waals surface area contributed by atoms with Gasteiger partial charge in [0.25, 0.3) is 0 Å². The molecule has 0 heterocycles. The van der Waals surface area contributed by atoms with E-state index in [1.54, 1.807) is 0 Å². The van der Waals surface area contributed by atoms with Crippen LogP contribution in [-0.2, 0) is 0 Å². The molecular weight excluding hydrogens is 446 g/mol. The van der Waals surface area contributed by atoms with Gasteiger partial charge in [0.2, 0.25) is 0 Å². The largest absolute Gasteiger partial charge is 0.105 e. The molecule has 0 aliphatic heterocycles. The van der Waals surface area contributed by atoms with E-state index in [-0.39, 0.29) is 0 Å². The van der Waals surface area contributed by atoms with Crippen LogP contribution in [0.2, 0.25) is 10.0 Å². The van der Waals surface area contributed by atoms with Crippen LogP contribution in [0.4, 0.5) is 0 Å². The Bertz CT molecular complexity index is 710. The van der Waals surface area contributed by atoms with E-state index < -0.39 is 7.20 Å². The van der Waals surface area contributed by atoms with Gasteiger partial charge < -0.3 is 0 Å². The monoisotopic (exact) mass is 458 g/mol. The van der Waals surface area contributed by atoms with Gasteiger partial charge in [0.15, 0.2) is 0 Å². The molecule has 0 saturated heterocycles. The predicted molar refractivity (Wildman–Crippen MR) is 106 cm³/mol. The van der Waals surface area contributed by atoms with Crippen molar-refractivity contribution in [1.82, 2.24) is 0 Å². The van der Waals surface area contributed by atoms with Crippen molar-refractivity contribution in [3.8, 4) is 0 Å². The molecule has 0 fully saturated rings. The summed E-state index contributed by atoms with van der Waals surface area (Å²) in [6.45, 7) is 0. The Balaban J connectivity index is 2.22. The smallest absolute Gasteiger partial charge is 0.0406 e. The first-order valence-electron chi connectivity index (χ1n) is 6.70. The lowest BCUT2D eigenvalue weighted by molar-refractivity contribution is 1.32. The van der Waals surface area contributed by atoms with Gasteiger partial charge in [-0.1, -0.05) is 41.4 Å². The second kappa shape index (κ2) is 6.83. The standard InChI is InChI=1S/C18H13Cl2IS/c19-14-6-10-17(11-7-14)22(21,16-4-2-1-3-5-16)18-12-8-15(20)9-13-18/h1-13H. The van der Waals surface area contributed by atoms with Crippen LogP contribution in [0.3, 0.4) is 0 Å². The fraction of sp³-hybridized carbons (Fsp3) is 0. The number of hydrogen-bond donors (Lipinski definition) is 0. The molecule has 0 bridgehead atoms. The van der Waals surface area contributed by atoms with E-state index in [0.29, 0.717) is 0 Å². The third-order valence-electron chi connectivity index (χ3n) is 3.34. The molecule has 0 saturated carbocycles. The number of benzene rings is 3. The molecule has 3 aromatic rings. The number of hydrogen-bond acceptors (Lipinski definition) is 0. The molecule has 112 valence electrons. The van der Waals surface area contributed by atoms with E-state index in [1.165, 1.54) is 14.7 Å². The van der Waals surface area contributed by atoms with Crippen molar-refractivity contribution in [3.63, 3.8) is 0 Å². The second-order valence-electron chi connectivity index (χ2n) is 4.76. The Labute approximate surface area is 154 Å². The summed E-state index contributed by atoms with van der Waals surface area (Å²) in [5.74, 6) is 0. The van der Waals surface area contributed by atoms with Gasteiger partial charge in [-0.15, -0.1) is 7.20 Å². The summed E-state index contributed by atoms with van der Waals surface area (Å²) in [6.07, 6.45) is 0. The highest BCUT2D eigenvalue weighted by molar-refractivity contribution is 14.2. The Morgan fingerprint density at radius 1 is 0.545 bits per heavy atom. The van der Waals surface area contributed by atoms with E-state index in [9.17, 15) is 0 Å². The molecule has 0 aromatic heterocycles. The van der Waals surface area contributed by atoms with Crippen molar-refractivity contribution in [1.29, 1.82) is 0 Å². The molecule has 0 amide bonds. The molecule has 22 heavy (non-hydrogen) atoms. The van der Waals surface area contributed by atoms with Crippen molar-refractivity contribution >= 4 is 51.6 Å². The molecule has 3 aromatic carbocycles. The molecule has 0 unspecified atom stereocenters. The van der Waals surface area contributed by atoms with Crippen LogP contribution in [0.15, 0.2) is 93.5 Å². The van der Waals surface area contributed by atoms with Crippen molar-refractivity contribution in [3.05, 3.63) is 88.9 Å². The maximum absolute atomic E-state index is 6.06. The van der Waals surface area contributed by atoms with Gasteiger partial charge >= 0.3 is 0 Å². The van der Waals surface area contributed by atoms with Gasteiger partial charge in [-0.05, 0) is 81.9 Å². The van der Waals surface area contributed by atoms with E-state index in [1.807, 2.05) is 30.3 Å². The summed E-state index contributed by atoms with van der Waals surface area (Å²) >= 11 is 14.7. The van der Waals surface area contributed by atoms with Crippen molar-refractivity contribution < 1.29 is 0 Å². The molecule has 4 heteroatoms. The molecule has 0 spiro atoms. The zero-order chi connectivity index (χ0) is 15.6. The Morgan fingerprint density at radius 2 is 0.909 bits per heavy atom. The SMILES string of the molecule is Clc1ccc(S(I)(c2ccccc2)c2ccc(Cl)cc2)cc1. The van der Waals surface area contributed by atoms with Crippen LogP contribution in [0, 0.1) is 0 Å². The number of rotatable bonds is 3. The van der Waals surface area contributed by atoms with E-state index >= 15 is 0 Å². The Hall–Kier alpha value is -0.680. The minimum absolute atomic E-state index is 0.756. The van der Waals surface area contributed by atoms with E-state index in [0.717, 1.165) is 10.0 Å². The van der Waals surface area contributed by atoms with Crippen LogP contribution in [-0.4, -0.2) is 0 Å². The van der Waals surface area contributed by atoms with Crippen LogP contribution < -0.4 is 0 Å². The molecule has 0 nitrogen and oxygen atoms in total. The van der Waals surface area contributed by atoms with Crippen molar-refractivity contribution in [2.24, 2.45) is 0 Å². The highest BCUT2D eigenvalue weighted by Crippen LogP contribution is 2.74. The maximum atomic E-state index is 6.06. The van der Waals surface area contributed by atoms with Crippen LogP contribution in [0.1, 0.15) is 0 Å². The van der Waals surface area contributed by atoms with Gasteiger partial charge in [-0.3, -0.25) is 0 Å². The third kappa shape index (κ3) is 3.16. The highest BCUT2D eigenvalue weighted by Gasteiger charge is 2.27. The summed E-state index contributed by atoms with van der Waals surface area (Å²) in [7, 11) is -1.36. The topological polar surface area (TPSA) is 0 Å². The summed E-state index contributed by atoms with van der Waals surface area (Å²) in [6, 6.07) is 26.9. The molecule has 0 atom stereocenters. The fourth-order valence-electron chi connectivity index (χ4n) is 2.26. The lowest BCUT2D eigenvalue weighted by Gasteiger charge is -2.35. The van der Waals surface area contributed by atoms with Gasteiger partial charge in [0.05, 0.1) is 0 Å². The van der Waals surface area contributed by atoms with E-state index in [4.69, 9.17) is 23.2 Å². The lowest BCUT2D eigenvalue weighted by Crippen LogP contribution is -1.95. The first-order chi connectivity index (χ1) is 10.6. The van der Waals surface area contributed by atoms with Crippen LogP contribution >= 0.6 is 51.6 Å². The van der Waals surface area contributed by atoms with Gasteiger partial charge in [0, 0.05) is 24.7 Å². The summed E-state index contributed by atoms with van der Waals surface area (Å²) in [5.41, 5.74) is 0. The average molecular weight is 459 g/mol. The molecular formula is C18H13Cl2IS. The minimum Gasteiger partial charge on any atom is -0.105 e. The average Bonchev–Trinajstić information content (AvgIpc) is 2.56. The highest BCUT2D eigenvalue weighted by atomic mass is 127. The molecule has 3 rings (SSSR count). The van der Waals surface area contributed by atoms with E-state index in [2.05, 4.69) is 69.7 Å². The fourth-order valence-corrected chi connectivity index (χ4v) is 7.53. The summed E-state index contributed by atoms with van der Waals surface area (Å²) in [5, 5.41) is 1.51. The zero-order valence-electron chi connectivity index (χ0n) is 11.5. The maximum Gasteiger partial charge on any atom is 0.0406 e. The molecule has 0 N–H and O–H groups in total. The quantitative estimate of drug-likeness (QED) is 0.354. The summed E-state index contributed by atoms with van der Waals surface area (Å²) in [4.78, 5) is 3.84. The van der Waals surface area contributed by atoms with Crippen molar-refractivity contribution in [2.75, 3.05) is 0 Å². The lowest BCUT2D eigenvalue weighted by atomic mass is 10.3. The van der Waals surface area contributed by atoms with Gasteiger partial charge in [0.1, 0.15) is 0 Å². The predicted octanol–water partition coefficient (Wildman–Crippen LogP) is 7.63.